The van der Waals surface area contributed by atoms with Crippen LogP contribution in [-0.4, -0.2) is 29.2 Å². The molecule has 0 aromatic carbocycles. The second-order valence-corrected chi connectivity index (χ2v) is 6.02. The van der Waals surface area contributed by atoms with Crippen LogP contribution in [0.15, 0.2) is 33.3 Å². The Labute approximate surface area is 144 Å². The molecule has 2 N–H and O–H groups in total. The molecule has 1 unspecified atom stereocenters. The van der Waals surface area contributed by atoms with Gasteiger partial charge in [0.1, 0.15) is 17.3 Å². The third-order valence-corrected chi connectivity index (χ3v) is 4.10. The van der Waals surface area contributed by atoms with E-state index in [2.05, 4.69) is 10.9 Å². The van der Waals surface area contributed by atoms with E-state index in [1.54, 1.807) is 36.9 Å². The first kappa shape index (κ1) is 16.8. The normalized spacial score (nSPS) is 17.0. The minimum absolute atomic E-state index is 0.103. The summed E-state index contributed by atoms with van der Waals surface area (Å²) in [6, 6.07) is 5.12. The number of likely N-dealkylation sites (tertiary alicyclic amines) is 1. The predicted octanol–water partition coefficient (Wildman–Crippen LogP) is 1.30. The van der Waals surface area contributed by atoms with Crippen LogP contribution in [0.2, 0.25) is 0 Å². The molecule has 2 aromatic rings. The van der Waals surface area contributed by atoms with Gasteiger partial charge in [0.25, 0.3) is 5.91 Å². The fraction of sp³-hybridized carbons (Fsp3) is 0.353. The van der Waals surface area contributed by atoms with Gasteiger partial charge in [0.2, 0.25) is 11.8 Å². The Morgan fingerprint density at radius 1 is 1.32 bits per heavy atom. The fourth-order valence-corrected chi connectivity index (χ4v) is 2.84. The lowest BCUT2D eigenvalue weighted by molar-refractivity contribution is -0.129. The van der Waals surface area contributed by atoms with Gasteiger partial charge in [0.15, 0.2) is 0 Å². The molecular weight excluding hydrogens is 326 g/mol. The van der Waals surface area contributed by atoms with Crippen molar-refractivity contribution < 1.29 is 23.2 Å². The Bertz CT molecular complexity index is 793. The van der Waals surface area contributed by atoms with E-state index in [1.165, 1.54) is 6.26 Å². The summed E-state index contributed by atoms with van der Waals surface area (Å²) in [5.41, 5.74) is 5.10. The van der Waals surface area contributed by atoms with Crippen LogP contribution in [0.1, 0.15) is 34.1 Å². The zero-order chi connectivity index (χ0) is 18.0. The van der Waals surface area contributed by atoms with Crippen LogP contribution >= 0.6 is 0 Å². The Hall–Kier alpha value is -3.03. The van der Waals surface area contributed by atoms with Gasteiger partial charge in [-0.2, -0.15) is 0 Å². The number of hydrogen-bond donors (Lipinski definition) is 2. The number of carbonyl (C=O) groups is 3. The Kier molecular flexibility index (Phi) is 4.60. The largest absolute Gasteiger partial charge is 0.467 e. The summed E-state index contributed by atoms with van der Waals surface area (Å²) in [6.45, 7) is 4.02. The second kappa shape index (κ2) is 6.84. The number of hydrogen-bond acceptors (Lipinski definition) is 5. The van der Waals surface area contributed by atoms with Crippen molar-refractivity contribution in [2.24, 2.45) is 5.92 Å². The molecule has 1 aliphatic rings. The van der Waals surface area contributed by atoms with E-state index < -0.39 is 17.7 Å². The minimum Gasteiger partial charge on any atom is -0.467 e. The molecule has 8 nitrogen and oxygen atoms in total. The van der Waals surface area contributed by atoms with E-state index >= 15 is 0 Å². The molecule has 1 fully saturated rings. The molecule has 0 aliphatic carbocycles. The van der Waals surface area contributed by atoms with Gasteiger partial charge in [-0.05, 0) is 32.0 Å². The van der Waals surface area contributed by atoms with Crippen LogP contribution in [0.25, 0.3) is 0 Å². The average molecular weight is 345 g/mol. The van der Waals surface area contributed by atoms with Crippen molar-refractivity contribution in [3.63, 3.8) is 0 Å². The van der Waals surface area contributed by atoms with E-state index in [-0.39, 0.29) is 18.9 Å². The van der Waals surface area contributed by atoms with Crippen LogP contribution < -0.4 is 10.9 Å². The average Bonchev–Trinajstić information content (AvgIpc) is 3.27. The summed E-state index contributed by atoms with van der Waals surface area (Å²) < 4.78 is 10.5. The van der Waals surface area contributed by atoms with Crippen LogP contribution in [0.4, 0.5) is 0 Å². The highest BCUT2D eigenvalue weighted by atomic mass is 16.3. The first-order chi connectivity index (χ1) is 11.9. The molecule has 25 heavy (non-hydrogen) atoms. The third kappa shape index (κ3) is 3.73. The van der Waals surface area contributed by atoms with Crippen LogP contribution in [0, 0.1) is 19.8 Å². The Balaban J connectivity index is 1.52. The first-order valence-electron chi connectivity index (χ1n) is 7.91. The van der Waals surface area contributed by atoms with E-state index in [9.17, 15) is 14.4 Å². The van der Waals surface area contributed by atoms with Crippen molar-refractivity contribution in [3.05, 3.63) is 47.3 Å². The van der Waals surface area contributed by atoms with Crippen molar-refractivity contribution in [2.75, 3.05) is 6.54 Å². The number of carbonyl (C=O) groups excluding carboxylic acids is 3. The second-order valence-electron chi connectivity index (χ2n) is 6.02. The maximum Gasteiger partial charge on any atom is 0.273 e. The lowest BCUT2D eigenvalue weighted by Gasteiger charge is -2.15. The van der Waals surface area contributed by atoms with Crippen molar-refractivity contribution in [3.8, 4) is 0 Å². The van der Waals surface area contributed by atoms with Crippen molar-refractivity contribution >= 4 is 17.7 Å². The number of nitrogens with zero attached hydrogens (tertiary/aromatic N) is 1. The van der Waals surface area contributed by atoms with Crippen LogP contribution in [0.5, 0.6) is 0 Å². The minimum atomic E-state index is -0.519. The van der Waals surface area contributed by atoms with Gasteiger partial charge in [-0.25, -0.2) is 0 Å². The monoisotopic (exact) mass is 345 g/mol. The van der Waals surface area contributed by atoms with E-state index in [0.29, 0.717) is 29.4 Å². The topological polar surface area (TPSA) is 105 Å². The van der Waals surface area contributed by atoms with Gasteiger partial charge in [-0.1, -0.05) is 0 Å². The highest BCUT2D eigenvalue weighted by Crippen LogP contribution is 2.20. The molecule has 132 valence electrons. The van der Waals surface area contributed by atoms with E-state index in [0.717, 1.165) is 0 Å². The summed E-state index contributed by atoms with van der Waals surface area (Å²) in [6.07, 6.45) is 1.64. The lowest BCUT2D eigenvalue weighted by atomic mass is 10.1. The zero-order valence-electron chi connectivity index (χ0n) is 14.0. The van der Waals surface area contributed by atoms with E-state index in [4.69, 9.17) is 8.83 Å². The molecular formula is C17H19N3O5. The van der Waals surface area contributed by atoms with Crippen LogP contribution in [-0.2, 0) is 16.1 Å². The SMILES string of the molecule is Cc1cc(C(=O)NNC(=O)C2CC(=O)N(Cc3ccco3)C2)c(C)o1. The molecule has 3 amide bonds. The summed E-state index contributed by atoms with van der Waals surface area (Å²) >= 11 is 0. The van der Waals surface area contributed by atoms with Crippen molar-refractivity contribution in [1.29, 1.82) is 0 Å². The van der Waals surface area contributed by atoms with E-state index in [1.807, 2.05) is 0 Å². The molecule has 8 heteroatoms. The van der Waals surface area contributed by atoms with Crippen LogP contribution in [0.3, 0.4) is 0 Å². The third-order valence-electron chi connectivity index (χ3n) is 4.10. The maximum atomic E-state index is 12.2. The Morgan fingerprint density at radius 2 is 2.12 bits per heavy atom. The molecule has 2 aromatic heterocycles. The molecule has 3 rings (SSSR count). The highest BCUT2D eigenvalue weighted by Gasteiger charge is 2.34. The molecule has 0 bridgehead atoms. The zero-order valence-corrected chi connectivity index (χ0v) is 14.0. The van der Waals surface area contributed by atoms with Gasteiger partial charge in [-0.3, -0.25) is 25.2 Å². The van der Waals surface area contributed by atoms with Gasteiger partial charge in [-0.15, -0.1) is 0 Å². The van der Waals surface area contributed by atoms with Crippen molar-refractivity contribution in [1.82, 2.24) is 15.8 Å². The molecule has 1 atom stereocenters. The first-order valence-corrected chi connectivity index (χ1v) is 7.91. The fourth-order valence-electron chi connectivity index (χ4n) is 2.84. The number of aryl methyl sites for hydroxylation is 2. The summed E-state index contributed by atoms with van der Waals surface area (Å²) in [7, 11) is 0. The number of hydrazine groups is 1. The lowest BCUT2D eigenvalue weighted by Crippen LogP contribution is -2.45. The number of amides is 3. The number of nitrogens with one attached hydrogen (secondary N) is 2. The predicted molar refractivity (Wildman–Crippen MR) is 86.0 cm³/mol. The molecule has 0 saturated carbocycles. The molecule has 0 spiro atoms. The maximum absolute atomic E-state index is 12.2. The van der Waals surface area contributed by atoms with Crippen molar-refractivity contribution in [2.45, 2.75) is 26.8 Å². The summed E-state index contributed by atoms with van der Waals surface area (Å²) in [5, 5.41) is 0. The van der Waals surface area contributed by atoms with Gasteiger partial charge in [0, 0.05) is 13.0 Å². The molecule has 1 aliphatic heterocycles. The molecule has 0 radical (unpaired) electrons. The number of rotatable bonds is 4. The summed E-state index contributed by atoms with van der Waals surface area (Å²) in [5.74, 6) is 0.252. The van der Waals surface area contributed by atoms with Gasteiger partial charge in [0.05, 0.1) is 24.3 Å². The molecule has 1 saturated heterocycles. The standard InChI is InChI=1S/C17H19N3O5/c1-10-6-14(11(2)25-10)17(23)19-18-16(22)12-7-15(21)20(8-12)9-13-4-3-5-24-13/h3-6,12H,7-9H2,1-2H3,(H,18,22)(H,19,23). The smallest absolute Gasteiger partial charge is 0.273 e. The molecule has 3 heterocycles. The highest BCUT2D eigenvalue weighted by molar-refractivity contribution is 5.97. The Morgan fingerprint density at radius 3 is 2.76 bits per heavy atom. The number of furan rings is 2. The van der Waals surface area contributed by atoms with Gasteiger partial charge < -0.3 is 13.7 Å². The van der Waals surface area contributed by atoms with Gasteiger partial charge >= 0.3 is 0 Å². The summed E-state index contributed by atoms with van der Waals surface area (Å²) in [4.78, 5) is 37.9. The quantitative estimate of drug-likeness (QED) is 0.813.